The minimum absolute atomic E-state index is 0.174. The highest BCUT2D eigenvalue weighted by molar-refractivity contribution is 5.77. The number of benzene rings is 1. The van der Waals surface area contributed by atoms with Crippen molar-refractivity contribution in [1.29, 1.82) is 0 Å². The van der Waals surface area contributed by atoms with Gasteiger partial charge in [-0.1, -0.05) is 19.1 Å². The summed E-state index contributed by atoms with van der Waals surface area (Å²) in [5.74, 6) is 0.121. The number of aromatic nitrogens is 2. The van der Waals surface area contributed by atoms with E-state index in [0.717, 1.165) is 24.0 Å². The molecule has 1 heterocycles. The molecule has 2 rings (SSSR count). The van der Waals surface area contributed by atoms with Gasteiger partial charge < -0.3 is 14.4 Å². The van der Waals surface area contributed by atoms with Crippen LogP contribution in [0.1, 0.15) is 26.1 Å². The maximum atomic E-state index is 11.5. The van der Waals surface area contributed by atoms with Crippen molar-refractivity contribution in [2.75, 3.05) is 6.61 Å². The number of hydrogen-bond donors (Lipinski definition) is 1. The van der Waals surface area contributed by atoms with Crippen molar-refractivity contribution in [2.24, 2.45) is 0 Å². The first-order valence-electron chi connectivity index (χ1n) is 6.96. The highest BCUT2D eigenvalue weighted by atomic mass is 16.5. The van der Waals surface area contributed by atoms with Gasteiger partial charge in [-0.2, -0.15) is 0 Å². The molecule has 0 fully saturated rings. The van der Waals surface area contributed by atoms with Gasteiger partial charge in [0.05, 0.1) is 17.6 Å². The summed E-state index contributed by atoms with van der Waals surface area (Å²) in [7, 11) is 0. The van der Waals surface area contributed by atoms with Gasteiger partial charge in [0.2, 0.25) is 0 Å². The van der Waals surface area contributed by atoms with Crippen LogP contribution in [0.5, 0.6) is 0 Å². The Morgan fingerprint density at radius 2 is 2.15 bits per heavy atom. The number of rotatable bonds is 6. The van der Waals surface area contributed by atoms with Crippen molar-refractivity contribution < 1.29 is 14.6 Å². The number of nitrogens with zero attached hydrogens (tertiary/aromatic N) is 2. The Morgan fingerprint density at radius 3 is 2.85 bits per heavy atom. The molecule has 0 aliphatic carbocycles. The van der Waals surface area contributed by atoms with Crippen molar-refractivity contribution in [3.05, 3.63) is 30.1 Å². The van der Waals surface area contributed by atoms with Crippen LogP contribution in [0.25, 0.3) is 11.0 Å². The molecule has 0 saturated carbocycles. The van der Waals surface area contributed by atoms with Crippen molar-refractivity contribution in [2.45, 2.75) is 39.3 Å². The molecule has 5 heteroatoms. The normalized spacial score (nSPS) is 12.6. The van der Waals surface area contributed by atoms with E-state index in [-0.39, 0.29) is 13.0 Å². The molecule has 0 saturated heterocycles. The van der Waals surface area contributed by atoms with E-state index < -0.39 is 12.1 Å². The molecule has 2 aromatic rings. The predicted molar refractivity (Wildman–Crippen MR) is 76.4 cm³/mol. The van der Waals surface area contributed by atoms with Gasteiger partial charge in [-0.05, 0) is 25.5 Å². The Kier molecular flexibility index (Phi) is 4.74. The summed E-state index contributed by atoms with van der Waals surface area (Å²) in [5.41, 5.74) is 1.91. The molecule has 1 aromatic carbocycles. The first kappa shape index (κ1) is 14.5. The van der Waals surface area contributed by atoms with Gasteiger partial charge in [-0.15, -0.1) is 0 Å². The molecule has 0 aliphatic rings. The molecule has 0 aliphatic heterocycles. The van der Waals surface area contributed by atoms with E-state index in [1.54, 1.807) is 6.92 Å². The van der Waals surface area contributed by atoms with Crippen LogP contribution in [0.3, 0.4) is 0 Å². The van der Waals surface area contributed by atoms with Gasteiger partial charge in [0.1, 0.15) is 5.82 Å². The molecule has 1 unspecified atom stereocenters. The number of carbonyl (C=O) groups excluding carboxylic acids is 1. The second-order valence-corrected chi connectivity index (χ2v) is 4.64. The van der Waals surface area contributed by atoms with E-state index in [1.165, 1.54) is 0 Å². The zero-order chi connectivity index (χ0) is 14.5. The van der Waals surface area contributed by atoms with E-state index >= 15 is 0 Å². The van der Waals surface area contributed by atoms with Crippen LogP contribution in [0.4, 0.5) is 0 Å². The number of imidazole rings is 1. The van der Waals surface area contributed by atoms with Crippen molar-refractivity contribution >= 4 is 17.0 Å². The fourth-order valence-electron chi connectivity index (χ4n) is 2.25. The third-order valence-corrected chi connectivity index (χ3v) is 3.12. The first-order chi connectivity index (χ1) is 9.67. The van der Waals surface area contributed by atoms with Gasteiger partial charge >= 0.3 is 5.97 Å². The lowest BCUT2D eigenvalue weighted by Gasteiger charge is -2.11. The zero-order valence-electron chi connectivity index (χ0n) is 11.9. The van der Waals surface area contributed by atoms with Gasteiger partial charge in [-0.3, -0.25) is 0 Å². The Balaban J connectivity index is 2.28. The Labute approximate surface area is 118 Å². The molecule has 1 aromatic heterocycles. The highest BCUT2D eigenvalue weighted by Gasteiger charge is 2.20. The molecular formula is C15H20N2O3. The smallest absolute Gasteiger partial charge is 0.335 e. The van der Waals surface area contributed by atoms with Crippen LogP contribution in [0.15, 0.2) is 24.3 Å². The van der Waals surface area contributed by atoms with Gasteiger partial charge in [0.25, 0.3) is 0 Å². The molecule has 5 nitrogen and oxygen atoms in total. The lowest BCUT2D eigenvalue weighted by atomic mass is 10.2. The highest BCUT2D eigenvalue weighted by Crippen LogP contribution is 2.18. The van der Waals surface area contributed by atoms with Crippen molar-refractivity contribution in [3.63, 3.8) is 0 Å². The molecule has 1 N–H and O–H groups in total. The Morgan fingerprint density at radius 1 is 1.40 bits per heavy atom. The van der Waals surface area contributed by atoms with Gasteiger partial charge in [0.15, 0.2) is 6.10 Å². The lowest BCUT2D eigenvalue weighted by molar-refractivity contribution is -0.152. The van der Waals surface area contributed by atoms with Crippen LogP contribution in [0, 0.1) is 0 Å². The number of fused-ring (bicyclic) bond motifs is 1. The third-order valence-electron chi connectivity index (χ3n) is 3.12. The van der Waals surface area contributed by atoms with Crippen LogP contribution >= 0.6 is 0 Å². The fraction of sp³-hybridized carbons (Fsp3) is 0.467. The second-order valence-electron chi connectivity index (χ2n) is 4.64. The van der Waals surface area contributed by atoms with E-state index in [9.17, 15) is 9.90 Å². The molecule has 1 atom stereocenters. The fourth-order valence-corrected chi connectivity index (χ4v) is 2.25. The van der Waals surface area contributed by atoms with Crippen molar-refractivity contribution in [1.82, 2.24) is 9.55 Å². The Bertz CT molecular complexity index is 592. The van der Waals surface area contributed by atoms with E-state index in [0.29, 0.717) is 5.82 Å². The Hall–Kier alpha value is -1.88. The number of carbonyl (C=O) groups is 1. The molecular weight excluding hydrogens is 256 g/mol. The summed E-state index contributed by atoms with van der Waals surface area (Å²) in [6, 6.07) is 7.82. The van der Waals surface area contributed by atoms with Gasteiger partial charge in [-0.25, -0.2) is 9.78 Å². The first-order valence-corrected chi connectivity index (χ1v) is 6.96. The molecule has 0 radical (unpaired) electrons. The number of aliphatic hydroxyl groups excluding tert-OH is 1. The summed E-state index contributed by atoms with van der Waals surface area (Å²) in [6.07, 6.45) is -0.0292. The van der Waals surface area contributed by atoms with E-state index in [2.05, 4.69) is 16.5 Å². The maximum absolute atomic E-state index is 11.5. The number of esters is 1. The summed E-state index contributed by atoms with van der Waals surface area (Å²) in [6.45, 7) is 4.88. The SMILES string of the molecule is CCCn1c(CC(O)C(=O)OCC)nc2ccccc21. The van der Waals surface area contributed by atoms with Crippen LogP contribution < -0.4 is 0 Å². The molecule has 0 spiro atoms. The number of ether oxygens (including phenoxy) is 1. The number of hydrogen-bond acceptors (Lipinski definition) is 4. The number of aliphatic hydroxyl groups is 1. The number of aryl methyl sites for hydroxylation is 1. The largest absolute Gasteiger partial charge is 0.464 e. The van der Waals surface area contributed by atoms with Crippen LogP contribution in [-0.2, 0) is 22.5 Å². The lowest BCUT2D eigenvalue weighted by Crippen LogP contribution is -2.26. The molecule has 108 valence electrons. The zero-order valence-corrected chi connectivity index (χ0v) is 11.9. The maximum Gasteiger partial charge on any atom is 0.335 e. The van der Waals surface area contributed by atoms with E-state index in [1.807, 2.05) is 24.3 Å². The minimum Gasteiger partial charge on any atom is -0.464 e. The molecule has 0 bridgehead atoms. The molecule has 20 heavy (non-hydrogen) atoms. The topological polar surface area (TPSA) is 64.4 Å². The average molecular weight is 276 g/mol. The van der Waals surface area contributed by atoms with Crippen molar-refractivity contribution in [3.8, 4) is 0 Å². The van der Waals surface area contributed by atoms with Crippen LogP contribution in [0.2, 0.25) is 0 Å². The monoisotopic (exact) mass is 276 g/mol. The summed E-state index contributed by atoms with van der Waals surface area (Å²) in [5, 5.41) is 9.89. The standard InChI is InChI=1S/C15H20N2O3/c1-3-9-17-12-8-6-5-7-11(12)16-14(17)10-13(18)15(19)20-4-2/h5-8,13,18H,3-4,9-10H2,1-2H3. The predicted octanol–water partition coefficient (Wildman–Crippen LogP) is 1.91. The van der Waals surface area contributed by atoms with E-state index in [4.69, 9.17) is 4.74 Å². The van der Waals surface area contributed by atoms with Gasteiger partial charge in [0, 0.05) is 13.0 Å². The minimum atomic E-state index is -1.16. The third kappa shape index (κ3) is 2.99. The average Bonchev–Trinajstić information content (AvgIpc) is 2.78. The molecule has 0 amide bonds. The number of para-hydroxylation sites is 2. The second kappa shape index (κ2) is 6.52. The summed E-state index contributed by atoms with van der Waals surface area (Å²) in [4.78, 5) is 16.0. The summed E-state index contributed by atoms with van der Waals surface area (Å²) < 4.78 is 6.88. The summed E-state index contributed by atoms with van der Waals surface area (Å²) >= 11 is 0. The van der Waals surface area contributed by atoms with Crippen LogP contribution in [-0.4, -0.2) is 33.3 Å². The quantitative estimate of drug-likeness (QED) is 0.819.